The van der Waals surface area contributed by atoms with Gasteiger partial charge in [0.1, 0.15) is 11.9 Å². The van der Waals surface area contributed by atoms with Crippen LogP contribution in [0.5, 0.6) is 0 Å². The summed E-state index contributed by atoms with van der Waals surface area (Å²) in [6.45, 7) is 6.10. The van der Waals surface area contributed by atoms with Crippen molar-refractivity contribution in [3.8, 4) is 0 Å². The predicted octanol–water partition coefficient (Wildman–Crippen LogP) is 1.99. The number of nitrogens with one attached hydrogen (secondary N) is 1. The van der Waals surface area contributed by atoms with Crippen LogP contribution < -0.4 is 11.1 Å². The predicted molar refractivity (Wildman–Crippen MR) is 65.8 cm³/mol. The van der Waals surface area contributed by atoms with Crippen LogP contribution in [0, 0.1) is 11.7 Å². The lowest BCUT2D eigenvalue weighted by Crippen LogP contribution is -2.40. The molecule has 0 unspecified atom stereocenters. The molecule has 3 N–H and O–H groups in total. The summed E-state index contributed by atoms with van der Waals surface area (Å²) in [5.41, 5.74) is 6.05. The van der Waals surface area contributed by atoms with Crippen molar-refractivity contribution in [2.45, 2.75) is 32.9 Å². The zero-order chi connectivity index (χ0) is 13.0. The Bertz CT molecular complexity index is 376. The summed E-state index contributed by atoms with van der Waals surface area (Å²) in [7, 11) is 0. The van der Waals surface area contributed by atoms with Gasteiger partial charge in [0.2, 0.25) is 5.91 Å². The molecule has 0 saturated heterocycles. The maximum Gasteiger partial charge on any atom is 0.239 e. The number of carbonyl (C=O) groups excluding carboxylic acids is 1. The molecule has 17 heavy (non-hydrogen) atoms. The molecule has 0 aliphatic rings. The van der Waals surface area contributed by atoms with Gasteiger partial charge in [-0.3, -0.25) is 10.1 Å². The first-order chi connectivity index (χ1) is 7.91. The van der Waals surface area contributed by atoms with Crippen molar-refractivity contribution in [1.82, 2.24) is 5.32 Å². The van der Waals surface area contributed by atoms with Gasteiger partial charge in [0.05, 0.1) is 0 Å². The second-order valence-electron chi connectivity index (χ2n) is 4.59. The van der Waals surface area contributed by atoms with E-state index in [2.05, 4.69) is 19.2 Å². The van der Waals surface area contributed by atoms with Crippen LogP contribution in [0.4, 0.5) is 4.39 Å². The molecule has 4 heteroatoms. The largest absolute Gasteiger partial charge is 0.368 e. The van der Waals surface area contributed by atoms with Crippen molar-refractivity contribution in [1.29, 1.82) is 0 Å². The number of primary amides is 1. The zero-order valence-corrected chi connectivity index (χ0v) is 10.4. The number of nitrogens with two attached hydrogens (primary N) is 1. The summed E-state index contributed by atoms with van der Waals surface area (Å²) in [5, 5.41) is 3.15. The number of hydrogen-bond acceptors (Lipinski definition) is 2. The van der Waals surface area contributed by atoms with E-state index in [1.165, 1.54) is 12.1 Å². The van der Waals surface area contributed by atoms with E-state index in [4.69, 9.17) is 5.73 Å². The lowest BCUT2D eigenvalue weighted by molar-refractivity contribution is -0.120. The van der Waals surface area contributed by atoms with E-state index in [-0.39, 0.29) is 11.9 Å². The Morgan fingerprint density at radius 1 is 1.24 bits per heavy atom. The van der Waals surface area contributed by atoms with Crippen molar-refractivity contribution in [2.75, 3.05) is 0 Å². The van der Waals surface area contributed by atoms with Crippen LogP contribution in [0.1, 0.15) is 32.4 Å². The van der Waals surface area contributed by atoms with Gasteiger partial charge < -0.3 is 5.73 Å². The fourth-order valence-corrected chi connectivity index (χ4v) is 1.45. The van der Waals surface area contributed by atoms with Gasteiger partial charge in [0.25, 0.3) is 0 Å². The number of hydrogen-bond donors (Lipinski definition) is 2. The normalized spacial score (nSPS) is 14.6. The zero-order valence-electron chi connectivity index (χ0n) is 10.4. The second-order valence-corrected chi connectivity index (χ2v) is 4.59. The minimum absolute atomic E-state index is 0.151. The smallest absolute Gasteiger partial charge is 0.239 e. The first-order valence-electron chi connectivity index (χ1n) is 5.72. The number of benzene rings is 1. The monoisotopic (exact) mass is 238 g/mol. The fourth-order valence-electron chi connectivity index (χ4n) is 1.45. The van der Waals surface area contributed by atoms with Crippen LogP contribution in [0.3, 0.4) is 0 Å². The van der Waals surface area contributed by atoms with Crippen LogP contribution >= 0.6 is 0 Å². The van der Waals surface area contributed by atoms with Gasteiger partial charge in [0.15, 0.2) is 0 Å². The summed E-state index contributed by atoms with van der Waals surface area (Å²) in [6.07, 6.45) is 0. The van der Waals surface area contributed by atoms with Gasteiger partial charge in [-0.15, -0.1) is 0 Å². The number of halogens is 1. The molecule has 1 aromatic rings. The third-order valence-corrected chi connectivity index (χ3v) is 2.92. The quantitative estimate of drug-likeness (QED) is 0.824. The molecule has 0 aliphatic carbocycles. The molecule has 2 atom stereocenters. The topological polar surface area (TPSA) is 55.1 Å². The van der Waals surface area contributed by atoms with Gasteiger partial charge in [0, 0.05) is 6.04 Å². The Morgan fingerprint density at radius 2 is 1.76 bits per heavy atom. The Balaban J connectivity index is 2.86. The van der Waals surface area contributed by atoms with Crippen LogP contribution in [0.15, 0.2) is 24.3 Å². The van der Waals surface area contributed by atoms with Crippen molar-refractivity contribution >= 4 is 5.91 Å². The lowest BCUT2D eigenvalue weighted by Gasteiger charge is -2.23. The van der Waals surface area contributed by atoms with Crippen molar-refractivity contribution in [3.05, 3.63) is 35.6 Å². The molecule has 0 fully saturated rings. The third-order valence-electron chi connectivity index (χ3n) is 2.92. The Labute approximate surface area is 101 Å². The van der Waals surface area contributed by atoms with Gasteiger partial charge >= 0.3 is 0 Å². The third kappa shape index (κ3) is 3.82. The number of carbonyl (C=O) groups is 1. The Hall–Kier alpha value is -1.42. The van der Waals surface area contributed by atoms with Crippen molar-refractivity contribution in [2.24, 2.45) is 11.7 Å². The highest BCUT2D eigenvalue weighted by atomic mass is 19.1. The fraction of sp³-hybridized carbons (Fsp3) is 0.462. The van der Waals surface area contributed by atoms with Gasteiger partial charge in [-0.05, 0) is 30.5 Å². The molecular weight excluding hydrogens is 219 g/mol. The molecule has 0 radical (unpaired) electrons. The minimum atomic E-state index is -0.576. The van der Waals surface area contributed by atoms with Crippen LogP contribution in [0.2, 0.25) is 0 Å². The van der Waals surface area contributed by atoms with Crippen molar-refractivity contribution < 1.29 is 9.18 Å². The second kappa shape index (κ2) is 5.77. The van der Waals surface area contributed by atoms with Crippen LogP contribution in [-0.2, 0) is 4.79 Å². The lowest BCUT2D eigenvalue weighted by atomic mass is 10.0. The average molecular weight is 238 g/mol. The van der Waals surface area contributed by atoms with Gasteiger partial charge in [-0.2, -0.15) is 0 Å². The van der Waals surface area contributed by atoms with E-state index in [0.29, 0.717) is 11.5 Å². The Kier molecular flexibility index (Phi) is 4.63. The van der Waals surface area contributed by atoms with Crippen LogP contribution in [-0.4, -0.2) is 11.9 Å². The average Bonchev–Trinajstić information content (AvgIpc) is 2.26. The first-order valence-corrected chi connectivity index (χ1v) is 5.72. The molecule has 0 aliphatic heterocycles. The highest BCUT2D eigenvalue weighted by Crippen LogP contribution is 2.15. The maximum absolute atomic E-state index is 12.8. The highest BCUT2D eigenvalue weighted by molar-refractivity contribution is 5.81. The molecule has 3 nitrogen and oxygen atoms in total. The maximum atomic E-state index is 12.8. The minimum Gasteiger partial charge on any atom is -0.368 e. The van der Waals surface area contributed by atoms with E-state index in [1.807, 2.05) is 6.92 Å². The first kappa shape index (κ1) is 13.6. The molecule has 0 spiro atoms. The summed E-state index contributed by atoms with van der Waals surface area (Å²) >= 11 is 0. The molecule has 0 aromatic heterocycles. The van der Waals surface area contributed by atoms with E-state index in [1.54, 1.807) is 12.1 Å². The van der Waals surface area contributed by atoms with Crippen molar-refractivity contribution in [3.63, 3.8) is 0 Å². The van der Waals surface area contributed by atoms with E-state index in [9.17, 15) is 9.18 Å². The van der Waals surface area contributed by atoms with E-state index in [0.717, 1.165) is 0 Å². The van der Waals surface area contributed by atoms with Gasteiger partial charge in [-0.25, -0.2) is 4.39 Å². The number of amides is 1. The van der Waals surface area contributed by atoms with Crippen LogP contribution in [0.25, 0.3) is 0 Å². The summed E-state index contributed by atoms with van der Waals surface area (Å²) in [4.78, 5) is 11.4. The summed E-state index contributed by atoms with van der Waals surface area (Å²) in [6, 6.07) is 5.38. The SMILES string of the molecule is CC(C)[C@@H](C)N[C@@H](C(N)=O)c1ccc(F)cc1. The molecule has 0 heterocycles. The van der Waals surface area contributed by atoms with Gasteiger partial charge in [-0.1, -0.05) is 26.0 Å². The molecule has 0 saturated carbocycles. The van der Waals surface area contributed by atoms with E-state index < -0.39 is 11.9 Å². The molecule has 94 valence electrons. The molecule has 1 rings (SSSR count). The standard InChI is InChI=1S/C13H19FN2O/c1-8(2)9(3)16-12(13(15)17)10-4-6-11(14)7-5-10/h4-9,12,16H,1-3H3,(H2,15,17)/t9-,12-/m1/s1. The molecule has 0 bridgehead atoms. The highest BCUT2D eigenvalue weighted by Gasteiger charge is 2.20. The molecular formula is C13H19FN2O. The molecule has 1 amide bonds. The molecule has 1 aromatic carbocycles. The summed E-state index contributed by atoms with van der Waals surface area (Å²) < 4.78 is 12.8. The number of rotatable bonds is 5. The Morgan fingerprint density at radius 3 is 2.18 bits per heavy atom. The summed E-state index contributed by atoms with van der Waals surface area (Å²) in [5.74, 6) is -0.393. The van der Waals surface area contributed by atoms with E-state index >= 15 is 0 Å².